The zero-order chi connectivity index (χ0) is 25.9. The van der Waals surface area contributed by atoms with Crippen LogP contribution in [0.1, 0.15) is 24.0 Å². The molecule has 1 fully saturated rings. The van der Waals surface area contributed by atoms with Crippen molar-refractivity contribution in [3.63, 3.8) is 0 Å². The predicted molar refractivity (Wildman–Crippen MR) is 136 cm³/mol. The molecule has 1 aliphatic carbocycles. The van der Waals surface area contributed by atoms with Crippen LogP contribution >= 0.6 is 0 Å². The van der Waals surface area contributed by atoms with E-state index in [9.17, 15) is 25.0 Å². The molecule has 0 atom stereocenters. The first-order chi connectivity index (χ1) is 17.9. The van der Waals surface area contributed by atoms with E-state index in [0.29, 0.717) is 50.4 Å². The molecule has 2 aromatic carbocycles. The summed E-state index contributed by atoms with van der Waals surface area (Å²) in [5.41, 5.74) is 4.32. The molecule has 1 saturated heterocycles. The summed E-state index contributed by atoms with van der Waals surface area (Å²) in [5.74, 6) is -0.479. The van der Waals surface area contributed by atoms with E-state index < -0.39 is 15.8 Å². The first-order valence-corrected chi connectivity index (χ1v) is 11.6. The Balaban J connectivity index is 1.49. The molecule has 188 valence electrons. The minimum absolute atomic E-state index is 0.00818. The van der Waals surface area contributed by atoms with E-state index in [-0.39, 0.29) is 17.1 Å². The molecule has 0 radical (unpaired) electrons. The molecule has 0 spiro atoms. The fourth-order valence-electron chi connectivity index (χ4n) is 4.61. The van der Waals surface area contributed by atoms with E-state index in [4.69, 9.17) is 4.74 Å². The van der Waals surface area contributed by atoms with Crippen LogP contribution in [-0.4, -0.2) is 58.9 Å². The summed E-state index contributed by atoms with van der Waals surface area (Å²) in [6.07, 6.45) is 4.94. The maximum atomic E-state index is 12.4. The molecule has 1 N–H and O–H groups in total. The number of nitrogens with zero attached hydrogens (tertiary/aromatic N) is 5. The fourth-order valence-corrected chi connectivity index (χ4v) is 4.61. The van der Waals surface area contributed by atoms with Gasteiger partial charge in [-0.05, 0) is 41.7 Å². The van der Waals surface area contributed by atoms with Crippen molar-refractivity contribution in [3.8, 4) is 0 Å². The van der Waals surface area contributed by atoms with Gasteiger partial charge in [0.05, 0.1) is 35.0 Å². The Labute approximate surface area is 210 Å². The normalized spacial score (nSPS) is 19.7. The monoisotopic (exact) mass is 502 g/mol. The van der Waals surface area contributed by atoms with Gasteiger partial charge in [0.1, 0.15) is 0 Å². The van der Waals surface area contributed by atoms with Gasteiger partial charge in [0.25, 0.3) is 17.3 Å². The molecule has 12 nitrogen and oxygen atoms in total. The molecule has 2 heterocycles. The van der Waals surface area contributed by atoms with Crippen LogP contribution in [0.2, 0.25) is 0 Å². The third-order valence-corrected chi connectivity index (χ3v) is 6.32. The summed E-state index contributed by atoms with van der Waals surface area (Å²) in [5, 5.41) is 33.3. The highest BCUT2D eigenvalue weighted by atomic mass is 16.6. The van der Waals surface area contributed by atoms with Crippen molar-refractivity contribution in [2.24, 2.45) is 10.2 Å². The van der Waals surface area contributed by atoms with E-state index >= 15 is 0 Å². The topological polar surface area (TPSA) is 153 Å². The van der Waals surface area contributed by atoms with Gasteiger partial charge in [-0.2, -0.15) is 5.10 Å². The number of fused-ring (bicyclic) bond motifs is 1. The summed E-state index contributed by atoms with van der Waals surface area (Å²) < 4.78 is 5.50. The predicted octanol–water partition coefficient (Wildman–Crippen LogP) is 3.69. The third kappa shape index (κ3) is 5.00. The van der Waals surface area contributed by atoms with Crippen molar-refractivity contribution in [2.45, 2.75) is 12.8 Å². The second-order valence-electron chi connectivity index (χ2n) is 8.63. The highest BCUT2D eigenvalue weighted by Crippen LogP contribution is 2.35. The summed E-state index contributed by atoms with van der Waals surface area (Å²) in [4.78, 5) is 36.0. The minimum atomic E-state index is -0.531. The number of morpholine rings is 1. The Bertz CT molecular complexity index is 1420. The van der Waals surface area contributed by atoms with Crippen molar-refractivity contribution >= 4 is 41.0 Å². The number of non-ortho nitro benzene ring substituents is 2. The smallest absolute Gasteiger partial charge is 0.276 e. The minimum Gasteiger partial charge on any atom is -0.378 e. The Hall–Kier alpha value is -4.71. The van der Waals surface area contributed by atoms with Crippen LogP contribution in [-0.2, 0) is 9.53 Å². The molecule has 0 saturated carbocycles. The molecular weight excluding hydrogens is 480 g/mol. The van der Waals surface area contributed by atoms with Gasteiger partial charge in [-0.1, -0.05) is 12.1 Å². The number of carbonyl (C=O) groups is 1. The summed E-state index contributed by atoms with van der Waals surface area (Å²) >= 11 is 0. The number of benzene rings is 2. The number of hydrogen-bond acceptors (Lipinski definition) is 9. The van der Waals surface area contributed by atoms with E-state index in [2.05, 4.69) is 20.4 Å². The molecule has 0 aromatic heterocycles. The van der Waals surface area contributed by atoms with Gasteiger partial charge in [-0.3, -0.25) is 25.0 Å². The first-order valence-electron chi connectivity index (χ1n) is 11.6. The maximum Gasteiger partial charge on any atom is 0.276 e. The second-order valence-corrected chi connectivity index (χ2v) is 8.63. The van der Waals surface area contributed by atoms with Crippen molar-refractivity contribution in [3.05, 3.63) is 90.7 Å². The van der Waals surface area contributed by atoms with Gasteiger partial charge < -0.3 is 15.0 Å². The maximum absolute atomic E-state index is 12.4. The number of hydrogen-bond donors (Lipinski definition) is 1. The lowest BCUT2D eigenvalue weighted by Crippen LogP contribution is -2.36. The fraction of sp³-hybridized carbons (Fsp3) is 0.240. The van der Waals surface area contributed by atoms with Crippen LogP contribution in [0.15, 0.2) is 69.5 Å². The van der Waals surface area contributed by atoms with Gasteiger partial charge in [-0.15, -0.1) is 5.10 Å². The van der Waals surface area contributed by atoms with Gasteiger partial charge in [-0.25, -0.2) is 0 Å². The molecule has 3 aliphatic rings. The largest absolute Gasteiger partial charge is 0.378 e. The SMILES string of the molecule is O=C1Nc2ccc([N+](=O)[O-])cc2/C1=N\N=C\C1=C(N2CCOCC2)C(=C/c2cccc([N+](=O)[O-])c2)/CC1. The molecule has 37 heavy (non-hydrogen) atoms. The van der Waals surface area contributed by atoms with E-state index in [1.165, 1.54) is 30.3 Å². The Morgan fingerprint density at radius 2 is 1.76 bits per heavy atom. The molecule has 1 amide bonds. The zero-order valence-corrected chi connectivity index (χ0v) is 19.6. The lowest BCUT2D eigenvalue weighted by molar-refractivity contribution is -0.385. The first kappa shape index (κ1) is 24.0. The van der Waals surface area contributed by atoms with Crippen LogP contribution in [0.5, 0.6) is 0 Å². The second kappa shape index (κ2) is 10.1. The van der Waals surface area contributed by atoms with Crippen LogP contribution in [0, 0.1) is 20.2 Å². The average Bonchev–Trinajstić information content (AvgIpc) is 3.44. The lowest BCUT2D eigenvalue weighted by atomic mass is 10.1. The molecule has 2 aliphatic heterocycles. The molecule has 12 heteroatoms. The number of amides is 1. The molecule has 5 rings (SSSR count). The number of anilines is 1. The Kier molecular flexibility index (Phi) is 6.56. The standard InChI is InChI=1S/C25H22N6O6/c32-25-23(21-14-20(31(35)36)6-7-22(21)27-25)28-26-15-18-5-4-17(24(18)29-8-10-37-11-9-29)12-16-2-1-3-19(13-16)30(33)34/h1-3,6-7,12-15H,4-5,8-11H2,(H,27,28,32)/b17-12+,26-15+. The van der Waals surface area contributed by atoms with Crippen molar-refractivity contribution in [2.75, 3.05) is 31.6 Å². The van der Waals surface area contributed by atoms with Gasteiger partial charge in [0, 0.05) is 48.6 Å². The summed E-state index contributed by atoms with van der Waals surface area (Å²) in [6, 6.07) is 10.6. The van der Waals surface area contributed by atoms with E-state index in [1.807, 2.05) is 12.1 Å². The molecular formula is C25H22N6O6. The number of nitro benzene ring substituents is 2. The van der Waals surface area contributed by atoms with Crippen LogP contribution in [0.3, 0.4) is 0 Å². The van der Waals surface area contributed by atoms with Crippen LogP contribution in [0.25, 0.3) is 6.08 Å². The highest BCUT2D eigenvalue weighted by Gasteiger charge is 2.29. The quantitative estimate of drug-likeness (QED) is 0.359. The number of nitrogens with one attached hydrogen (secondary N) is 1. The van der Waals surface area contributed by atoms with Crippen LogP contribution in [0.4, 0.5) is 17.1 Å². The van der Waals surface area contributed by atoms with Gasteiger partial charge >= 0.3 is 0 Å². The highest BCUT2D eigenvalue weighted by molar-refractivity contribution is 6.53. The van der Waals surface area contributed by atoms with E-state index in [0.717, 1.165) is 22.4 Å². The van der Waals surface area contributed by atoms with Gasteiger partial charge in [0.2, 0.25) is 0 Å². The third-order valence-electron chi connectivity index (χ3n) is 6.32. The lowest BCUT2D eigenvalue weighted by Gasteiger charge is -2.31. The number of ether oxygens (including phenoxy) is 1. The molecule has 0 unspecified atom stereocenters. The zero-order valence-electron chi connectivity index (χ0n) is 19.6. The summed E-state index contributed by atoms with van der Waals surface area (Å²) in [6.45, 7) is 2.53. The van der Waals surface area contributed by atoms with Gasteiger partial charge in [0.15, 0.2) is 5.71 Å². The van der Waals surface area contributed by atoms with E-state index in [1.54, 1.807) is 12.3 Å². The van der Waals surface area contributed by atoms with Crippen molar-refractivity contribution < 1.29 is 19.4 Å². The number of allylic oxidation sites excluding steroid dienone is 2. The number of carbonyl (C=O) groups excluding carboxylic acids is 1. The number of rotatable bonds is 6. The molecule has 2 aromatic rings. The Morgan fingerprint density at radius 3 is 2.51 bits per heavy atom. The van der Waals surface area contributed by atoms with Crippen molar-refractivity contribution in [1.82, 2.24) is 4.90 Å². The molecule has 0 bridgehead atoms. The van der Waals surface area contributed by atoms with Crippen LogP contribution < -0.4 is 5.32 Å². The van der Waals surface area contributed by atoms with Crippen molar-refractivity contribution in [1.29, 1.82) is 0 Å². The summed E-state index contributed by atoms with van der Waals surface area (Å²) in [7, 11) is 0. The average molecular weight is 502 g/mol. The Morgan fingerprint density at radius 1 is 1.00 bits per heavy atom. The number of nitro groups is 2.